The summed E-state index contributed by atoms with van der Waals surface area (Å²) < 4.78 is 32.6. The fraction of sp³-hybridized carbons (Fsp3) is 0.250. The van der Waals surface area contributed by atoms with Gasteiger partial charge in [-0.3, -0.25) is 0 Å². The van der Waals surface area contributed by atoms with Gasteiger partial charge in [0.1, 0.15) is 11.6 Å². The van der Waals surface area contributed by atoms with Crippen molar-refractivity contribution in [3.8, 4) is 5.75 Å². The number of rotatable bonds is 5. The monoisotopic (exact) mass is 337 g/mol. The number of aryl methyl sites for hydroxylation is 1. The first-order valence-corrected chi connectivity index (χ1v) is 7.41. The van der Waals surface area contributed by atoms with Crippen LogP contribution in [0.4, 0.5) is 14.6 Å². The molecule has 0 bridgehead atoms. The third kappa shape index (κ3) is 4.35. The van der Waals surface area contributed by atoms with Crippen LogP contribution in [0.15, 0.2) is 30.5 Å². The van der Waals surface area contributed by atoms with Gasteiger partial charge in [-0.05, 0) is 49.3 Å². The molecule has 2 N–H and O–H groups in total. The normalized spacial score (nSPS) is 10.3. The van der Waals surface area contributed by atoms with Crippen molar-refractivity contribution >= 4 is 23.1 Å². The molecule has 0 fully saturated rings. The second kappa shape index (κ2) is 7.82. The van der Waals surface area contributed by atoms with Crippen LogP contribution in [0, 0.1) is 18.6 Å². The summed E-state index contributed by atoms with van der Waals surface area (Å²) in [7, 11) is 1.34. The average Bonchev–Trinajstić information content (AvgIpc) is 2.53. The molecular weight excluding hydrogens is 320 g/mol. The topological polar surface area (TPSA) is 46.2 Å². The number of thiocarbonyl (C=S) groups is 1. The molecule has 4 nitrogen and oxygen atoms in total. The van der Waals surface area contributed by atoms with Crippen molar-refractivity contribution in [1.82, 2.24) is 10.3 Å². The maximum atomic E-state index is 14.0. The van der Waals surface area contributed by atoms with E-state index in [-0.39, 0.29) is 24.3 Å². The molecule has 1 aromatic heterocycles. The molecule has 0 aliphatic heterocycles. The Labute approximate surface area is 138 Å². The SMILES string of the molecule is COc1ccc(F)c(CCNC(=S)Nc2ncccc2C)c1F. The third-order valence-electron chi connectivity index (χ3n) is 3.27. The van der Waals surface area contributed by atoms with Crippen LogP contribution in [0.1, 0.15) is 11.1 Å². The van der Waals surface area contributed by atoms with Crippen molar-refractivity contribution in [3.05, 3.63) is 53.2 Å². The summed E-state index contributed by atoms with van der Waals surface area (Å²) in [5, 5.41) is 6.19. The Balaban J connectivity index is 1.93. The molecule has 0 atom stereocenters. The number of aromatic nitrogens is 1. The molecule has 1 aromatic carbocycles. The van der Waals surface area contributed by atoms with Crippen LogP contribution in [0.25, 0.3) is 0 Å². The maximum absolute atomic E-state index is 14.0. The molecular formula is C16H17F2N3OS. The number of halogens is 2. The van der Waals surface area contributed by atoms with Crippen LogP contribution in [0.2, 0.25) is 0 Å². The van der Waals surface area contributed by atoms with Gasteiger partial charge in [-0.2, -0.15) is 0 Å². The van der Waals surface area contributed by atoms with Crippen LogP contribution in [0.5, 0.6) is 5.75 Å². The molecule has 0 spiro atoms. The summed E-state index contributed by atoms with van der Waals surface area (Å²) >= 11 is 5.15. The second-order valence-corrected chi connectivity index (χ2v) is 5.25. The second-order valence-electron chi connectivity index (χ2n) is 4.84. The van der Waals surface area contributed by atoms with Crippen molar-refractivity contribution in [1.29, 1.82) is 0 Å². The Hall–Kier alpha value is -2.28. The minimum Gasteiger partial charge on any atom is -0.494 e. The van der Waals surface area contributed by atoms with E-state index in [1.165, 1.54) is 19.2 Å². The van der Waals surface area contributed by atoms with Gasteiger partial charge in [-0.1, -0.05) is 6.07 Å². The fourth-order valence-electron chi connectivity index (χ4n) is 2.03. The molecule has 0 saturated carbocycles. The van der Waals surface area contributed by atoms with E-state index in [9.17, 15) is 8.78 Å². The van der Waals surface area contributed by atoms with Crippen molar-refractivity contribution in [2.75, 3.05) is 19.0 Å². The highest BCUT2D eigenvalue weighted by atomic mass is 32.1. The van der Waals surface area contributed by atoms with E-state index in [0.29, 0.717) is 10.9 Å². The van der Waals surface area contributed by atoms with Crippen LogP contribution in [0.3, 0.4) is 0 Å². The number of nitrogens with zero attached hydrogens (tertiary/aromatic N) is 1. The molecule has 0 amide bonds. The number of methoxy groups -OCH3 is 1. The Morgan fingerprint density at radius 2 is 2.09 bits per heavy atom. The molecule has 0 unspecified atom stereocenters. The van der Waals surface area contributed by atoms with E-state index in [1.807, 2.05) is 19.1 Å². The lowest BCUT2D eigenvalue weighted by Gasteiger charge is -2.12. The molecule has 2 aromatic rings. The van der Waals surface area contributed by atoms with Crippen LogP contribution < -0.4 is 15.4 Å². The largest absolute Gasteiger partial charge is 0.494 e. The minimum absolute atomic E-state index is 0.0196. The van der Waals surface area contributed by atoms with E-state index in [1.54, 1.807) is 6.20 Å². The van der Waals surface area contributed by atoms with Crippen molar-refractivity contribution in [2.45, 2.75) is 13.3 Å². The molecule has 2 rings (SSSR count). The first-order chi connectivity index (χ1) is 11.0. The zero-order chi connectivity index (χ0) is 16.8. The van der Waals surface area contributed by atoms with Crippen LogP contribution in [-0.4, -0.2) is 23.8 Å². The lowest BCUT2D eigenvalue weighted by Crippen LogP contribution is -2.31. The molecule has 0 aliphatic rings. The van der Waals surface area contributed by atoms with E-state index in [2.05, 4.69) is 15.6 Å². The summed E-state index contributed by atoms with van der Waals surface area (Å²) in [4.78, 5) is 4.16. The van der Waals surface area contributed by atoms with Gasteiger partial charge >= 0.3 is 0 Å². The summed E-state index contributed by atoms with van der Waals surface area (Å²) in [6.07, 6.45) is 1.79. The smallest absolute Gasteiger partial charge is 0.171 e. The highest BCUT2D eigenvalue weighted by molar-refractivity contribution is 7.80. The predicted molar refractivity (Wildman–Crippen MR) is 89.8 cm³/mol. The highest BCUT2D eigenvalue weighted by Gasteiger charge is 2.14. The average molecular weight is 337 g/mol. The summed E-state index contributed by atoms with van der Waals surface area (Å²) in [5.41, 5.74) is 0.912. The van der Waals surface area contributed by atoms with E-state index in [4.69, 9.17) is 17.0 Å². The third-order valence-corrected chi connectivity index (χ3v) is 3.52. The number of nitrogens with one attached hydrogen (secondary N) is 2. The van der Waals surface area contributed by atoms with Gasteiger partial charge in [0.05, 0.1) is 7.11 Å². The van der Waals surface area contributed by atoms with E-state index in [0.717, 1.165) is 5.56 Å². The number of hydrogen-bond acceptors (Lipinski definition) is 3. The molecule has 0 aliphatic carbocycles. The number of hydrogen-bond donors (Lipinski definition) is 2. The summed E-state index contributed by atoms with van der Waals surface area (Å²) in [5.74, 6) is -0.631. The Bertz CT molecular complexity index is 710. The van der Waals surface area contributed by atoms with Gasteiger partial charge in [-0.15, -0.1) is 0 Å². The van der Waals surface area contributed by atoms with Crippen LogP contribution in [-0.2, 0) is 6.42 Å². The lowest BCUT2D eigenvalue weighted by molar-refractivity contribution is 0.380. The molecule has 122 valence electrons. The van der Waals surface area contributed by atoms with Gasteiger partial charge in [0, 0.05) is 18.3 Å². The highest BCUT2D eigenvalue weighted by Crippen LogP contribution is 2.23. The Kier molecular flexibility index (Phi) is 5.81. The van der Waals surface area contributed by atoms with Gasteiger partial charge in [0.2, 0.25) is 0 Å². The molecule has 0 saturated heterocycles. The standard InChI is InChI=1S/C16H17F2N3OS/c1-10-4-3-8-19-15(10)21-16(23)20-9-7-11-12(17)5-6-13(22-2)14(11)18/h3-6,8H,7,9H2,1-2H3,(H2,19,20,21,23). The summed E-state index contributed by atoms with van der Waals surface area (Å²) in [6, 6.07) is 6.17. The van der Waals surface area contributed by atoms with Crippen LogP contribution >= 0.6 is 12.2 Å². The Morgan fingerprint density at radius 1 is 1.30 bits per heavy atom. The van der Waals surface area contributed by atoms with Crippen molar-refractivity contribution < 1.29 is 13.5 Å². The Morgan fingerprint density at radius 3 is 2.78 bits per heavy atom. The van der Waals surface area contributed by atoms with E-state index < -0.39 is 11.6 Å². The molecule has 23 heavy (non-hydrogen) atoms. The van der Waals surface area contributed by atoms with Crippen molar-refractivity contribution in [2.24, 2.45) is 0 Å². The fourth-order valence-corrected chi connectivity index (χ4v) is 2.23. The van der Waals surface area contributed by atoms with Gasteiger partial charge in [-0.25, -0.2) is 13.8 Å². The number of pyridine rings is 1. The first-order valence-electron chi connectivity index (χ1n) is 7.00. The van der Waals surface area contributed by atoms with E-state index >= 15 is 0 Å². The molecule has 0 radical (unpaired) electrons. The summed E-state index contributed by atoms with van der Waals surface area (Å²) in [6.45, 7) is 2.18. The number of anilines is 1. The maximum Gasteiger partial charge on any atom is 0.171 e. The molecule has 7 heteroatoms. The zero-order valence-corrected chi connectivity index (χ0v) is 13.6. The van der Waals surface area contributed by atoms with Gasteiger partial charge in [0.15, 0.2) is 16.7 Å². The van der Waals surface area contributed by atoms with Crippen molar-refractivity contribution in [3.63, 3.8) is 0 Å². The first kappa shape index (κ1) is 17.1. The quantitative estimate of drug-likeness (QED) is 0.821. The minimum atomic E-state index is -0.686. The number of benzene rings is 1. The molecule has 1 heterocycles. The lowest BCUT2D eigenvalue weighted by atomic mass is 10.1. The van der Waals surface area contributed by atoms with Gasteiger partial charge in [0.25, 0.3) is 0 Å². The predicted octanol–water partition coefficient (Wildman–Crippen LogP) is 3.21. The van der Waals surface area contributed by atoms with Gasteiger partial charge < -0.3 is 15.4 Å². The number of ether oxygens (including phenoxy) is 1. The zero-order valence-electron chi connectivity index (χ0n) is 12.8.